The number of nitrogens with two attached hydrogens (primary N) is 1. The third-order valence-corrected chi connectivity index (χ3v) is 6.11. The molecule has 2 heterocycles. The number of carbonyl (C=O) groups is 2. The van der Waals surface area contributed by atoms with Crippen LogP contribution in [0.3, 0.4) is 0 Å². The number of ether oxygens (including phenoxy) is 3. The minimum absolute atomic E-state index is 0.168. The van der Waals surface area contributed by atoms with E-state index >= 15 is 0 Å². The maximum atomic E-state index is 12.3. The number of esters is 1. The molecule has 228 valence electrons. The first-order valence-electron chi connectivity index (χ1n) is 13.8. The molecule has 2 aromatic heterocycles. The lowest BCUT2D eigenvalue weighted by molar-refractivity contribution is -0.149. The predicted molar refractivity (Wildman–Crippen MR) is 165 cm³/mol. The topological polar surface area (TPSA) is 146 Å². The fourth-order valence-electron chi connectivity index (χ4n) is 3.92. The van der Waals surface area contributed by atoms with Gasteiger partial charge in [0.2, 0.25) is 0 Å². The predicted octanol–water partition coefficient (Wildman–Crippen LogP) is 5.35. The number of furan rings is 1. The number of nitrogen functional groups attached to an aromatic ring is 1. The lowest BCUT2D eigenvalue weighted by Crippen LogP contribution is -2.28. The van der Waals surface area contributed by atoms with Gasteiger partial charge in [-0.15, -0.1) is 0 Å². The van der Waals surface area contributed by atoms with Crippen molar-refractivity contribution in [2.75, 3.05) is 30.8 Å². The van der Waals surface area contributed by atoms with Crippen LogP contribution in [-0.2, 0) is 27.4 Å². The first-order chi connectivity index (χ1) is 21.0. The number of nitrogens with one attached hydrogen (secondary N) is 1. The zero-order valence-electron chi connectivity index (χ0n) is 25.0. The first-order valence-corrected chi connectivity index (χ1v) is 13.8. The molecule has 4 aromatic rings. The molecule has 0 fully saturated rings. The number of carbonyl (C=O) groups excluding carboxylic acids is 2. The van der Waals surface area contributed by atoms with Crippen LogP contribution in [0.15, 0.2) is 70.9 Å². The fraction of sp³-hybridized carbons (Fsp3) is 0.281. The van der Waals surface area contributed by atoms with Crippen LogP contribution in [0, 0.1) is 6.57 Å². The summed E-state index contributed by atoms with van der Waals surface area (Å²) in [6, 6.07) is 16.7. The molecule has 0 saturated heterocycles. The third kappa shape index (κ3) is 9.22. The van der Waals surface area contributed by atoms with Gasteiger partial charge in [0.25, 0.3) is 5.70 Å². The molecule has 0 unspecified atom stereocenters. The number of nitrogens with zero attached hydrogens (tertiary/aromatic N) is 4. The van der Waals surface area contributed by atoms with Crippen molar-refractivity contribution in [3.63, 3.8) is 0 Å². The second-order valence-electron chi connectivity index (χ2n) is 10.8. The highest BCUT2D eigenvalue weighted by molar-refractivity contribution is 5.96. The number of hydrogen-bond acceptors (Lipinski definition) is 10. The highest BCUT2D eigenvalue weighted by Crippen LogP contribution is 2.26. The van der Waals surface area contributed by atoms with Crippen molar-refractivity contribution in [3.05, 3.63) is 94.8 Å². The highest BCUT2D eigenvalue weighted by Gasteiger charge is 2.21. The van der Waals surface area contributed by atoms with E-state index in [1.54, 1.807) is 39.0 Å². The summed E-state index contributed by atoms with van der Waals surface area (Å²) >= 11 is 0. The Balaban J connectivity index is 1.22. The molecule has 44 heavy (non-hydrogen) atoms. The maximum absolute atomic E-state index is 12.3. The van der Waals surface area contributed by atoms with Crippen LogP contribution < -0.4 is 20.7 Å². The Hall–Kier alpha value is -5.57. The van der Waals surface area contributed by atoms with Crippen molar-refractivity contribution in [2.45, 2.75) is 39.5 Å². The quantitative estimate of drug-likeness (QED) is 0.132. The van der Waals surface area contributed by atoms with Crippen molar-refractivity contribution in [3.8, 4) is 6.01 Å². The summed E-state index contributed by atoms with van der Waals surface area (Å²) in [5.41, 5.74) is 8.05. The summed E-state index contributed by atoms with van der Waals surface area (Å²) in [5, 5.41) is 3.54. The molecular formula is C32H34N6O6. The molecule has 0 bridgehead atoms. The summed E-state index contributed by atoms with van der Waals surface area (Å²) in [7, 11) is 1.88. The van der Waals surface area contributed by atoms with Gasteiger partial charge in [0.1, 0.15) is 36.0 Å². The molecule has 0 radical (unpaired) electrons. The van der Waals surface area contributed by atoms with Gasteiger partial charge in [0.05, 0.1) is 13.1 Å². The number of alkyl carbamates (subject to hydrolysis) is 1. The molecule has 0 aliphatic carbocycles. The molecular weight excluding hydrogens is 564 g/mol. The second-order valence-corrected chi connectivity index (χ2v) is 10.8. The zero-order chi connectivity index (χ0) is 31.7. The van der Waals surface area contributed by atoms with E-state index in [0.717, 1.165) is 22.2 Å². The molecule has 0 spiro atoms. The van der Waals surface area contributed by atoms with E-state index in [1.165, 1.54) is 12.3 Å². The van der Waals surface area contributed by atoms with Gasteiger partial charge in [-0.3, -0.25) is 4.79 Å². The molecule has 0 aliphatic rings. The molecule has 1 amide bonds. The van der Waals surface area contributed by atoms with E-state index in [-0.39, 0.29) is 24.9 Å². The normalized spacial score (nSPS) is 11.5. The molecule has 0 aliphatic heterocycles. The number of likely N-dealkylation sites (N-methyl/N-ethyl adjacent to an activating group) is 1. The minimum Gasteiger partial charge on any atom is -0.465 e. The van der Waals surface area contributed by atoms with Gasteiger partial charge in [0, 0.05) is 30.9 Å². The highest BCUT2D eigenvalue weighted by atomic mass is 16.6. The van der Waals surface area contributed by atoms with Gasteiger partial charge in [-0.25, -0.2) is 14.6 Å². The Morgan fingerprint density at radius 3 is 2.57 bits per heavy atom. The molecule has 4 rings (SSSR count). The van der Waals surface area contributed by atoms with E-state index in [4.69, 9.17) is 30.9 Å². The Bertz CT molecular complexity index is 1680. The standard InChI is InChI=1S/C32H34N6O6/c1-32(2,3)44-29(39)26(34-4)18-25-17-23-16-24(10-11-27(23)43-25)38(5)14-15-41-31(40)36-19-21-6-8-22(9-7-21)20-42-30-35-13-12-28(33)37-30/h6-13,16-18H,14-15,19-20H2,1-3,5H3,(H,36,40)(H2,33,35,37)/b26-18-. The third-order valence-electron chi connectivity index (χ3n) is 6.11. The van der Waals surface area contributed by atoms with Gasteiger partial charge in [-0.1, -0.05) is 24.3 Å². The number of fused-ring (bicyclic) bond motifs is 1. The summed E-state index contributed by atoms with van der Waals surface area (Å²) in [4.78, 5) is 37.8. The van der Waals surface area contributed by atoms with Crippen LogP contribution in [0.4, 0.5) is 16.3 Å². The molecule has 0 atom stereocenters. The summed E-state index contributed by atoms with van der Waals surface area (Å²) in [6.45, 7) is 13.8. The van der Waals surface area contributed by atoms with Gasteiger partial charge < -0.3 is 34.6 Å². The number of anilines is 2. The molecule has 12 heteroatoms. The summed E-state index contributed by atoms with van der Waals surface area (Å²) < 4.78 is 22.0. The minimum atomic E-state index is -0.711. The van der Waals surface area contributed by atoms with Crippen LogP contribution in [0.25, 0.3) is 21.9 Å². The van der Waals surface area contributed by atoms with E-state index < -0.39 is 17.7 Å². The SMILES string of the molecule is [C-]#[N+]/C(=C\c1cc2cc(N(C)CCOC(=O)NCc3ccc(COc4nccc(N)n4)cc3)ccc2o1)C(=O)OC(C)(C)C. The van der Waals surface area contributed by atoms with Gasteiger partial charge >= 0.3 is 18.1 Å². The average molecular weight is 599 g/mol. The Labute approximate surface area is 255 Å². The van der Waals surface area contributed by atoms with Crippen molar-refractivity contribution >= 4 is 40.6 Å². The van der Waals surface area contributed by atoms with Gasteiger partial charge in [-0.05, 0) is 68.3 Å². The number of hydrogen-bond donors (Lipinski definition) is 2. The molecule has 12 nitrogen and oxygen atoms in total. The number of amides is 1. The average Bonchev–Trinajstić information content (AvgIpc) is 3.39. The lowest BCUT2D eigenvalue weighted by Gasteiger charge is -2.19. The monoisotopic (exact) mass is 598 g/mol. The summed E-state index contributed by atoms with van der Waals surface area (Å²) in [6.07, 6.45) is 2.38. The summed E-state index contributed by atoms with van der Waals surface area (Å²) in [5.74, 6) is -0.00109. The lowest BCUT2D eigenvalue weighted by atomic mass is 10.1. The van der Waals surface area contributed by atoms with Crippen LogP contribution in [0.1, 0.15) is 37.7 Å². The fourth-order valence-corrected chi connectivity index (χ4v) is 3.92. The number of rotatable bonds is 11. The number of benzene rings is 2. The van der Waals surface area contributed by atoms with Crippen molar-refractivity contribution in [2.24, 2.45) is 0 Å². The van der Waals surface area contributed by atoms with Gasteiger partial charge in [-0.2, -0.15) is 4.98 Å². The molecule has 0 saturated carbocycles. The van der Waals surface area contributed by atoms with E-state index in [1.807, 2.05) is 48.3 Å². The largest absolute Gasteiger partial charge is 0.465 e. The van der Waals surface area contributed by atoms with E-state index in [0.29, 0.717) is 30.3 Å². The van der Waals surface area contributed by atoms with E-state index in [9.17, 15) is 9.59 Å². The Kier molecular flexibility index (Phi) is 10.0. The smallest absolute Gasteiger partial charge is 0.407 e. The number of aromatic nitrogens is 2. The molecule has 3 N–H and O–H groups in total. The zero-order valence-corrected chi connectivity index (χ0v) is 25.0. The van der Waals surface area contributed by atoms with Crippen molar-refractivity contribution < 1.29 is 28.2 Å². The van der Waals surface area contributed by atoms with Crippen LogP contribution in [0.2, 0.25) is 0 Å². The van der Waals surface area contributed by atoms with Crippen LogP contribution >= 0.6 is 0 Å². The molecule has 2 aromatic carbocycles. The van der Waals surface area contributed by atoms with Crippen molar-refractivity contribution in [1.29, 1.82) is 0 Å². The maximum Gasteiger partial charge on any atom is 0.407 e. The van der Waals surface area contributed by atoms with Gasteiger partial charge in [0.15, 0.2) is 0 Å². The van der Waals surface area contributed by atoms with Crippen molar-refractivity contribution in [1.82, 2.24) is 15.3 Å². The Morgan fingerprint density at radius 1 is 1.11 bits per heavy atom. The first kappa shape index (κ1) is 31.4. The van der Waals surface area contributed by atoms with Crippen LogP contribution in [0.5, 0.6) is 6.01 Å². The second kappa shape index (κ2) is 14.1. The van der Waals surface area contributed by atoms with Crippen LogP contribution in [-0.4, -0.2) is 47.8 Å². The van der Waals surface area contributed by atoms with E-state index in [2.05, 4.69) is 20.1 Å². The Morgan fingerprint density at radius 2 is 1.86 bits per heavy atom.